The van der Waals surface area contributed by atoms with Gasteiger partial charge in [0.2, 0.25) is 0 Å². The summed E-state index contributed by atoms with van der Waals surface area (Å²) >= 11 is 12.3. The van der Waals surface area contributed by atoms with Crippen molar-refractivity contribution in [1.82, 2.24) is 9.88 Å². The van der Waals surface area contributed by atoms with Gasteiger partial charge >= 0.3 is 5.97 Å². The lowest BCUT2D eigenvalue weighted by Crippen LogP contribution is -2.46. The van der Waals surface area contributed by atoms with E-state index < -0.39 is 0 Å². The van der Waals surface area contributed by atoms with Crippen LogP contribution >= 0.6 is 23.2 Å². The Kier molecular flexibility index (Phi) is 8.50. The average Bonchev–Trinajstić information content (AvgIpc) is 2.86. The molecule has 1 saturated heterocycles. The van der Waals surface area contributed by atoms with Crippen molar-refractivity contribution in [2.24, 2.45) is 0 Å². The minimum absolute atomic E-state index is 0.168. The minimum Gasteiger partial charge on any atom is -0.489 e. The van der Waals surface area contributed by atoms with Crippen molar-refractivity contribution < 1.29 is 14.3 Å². The smallest absolute Gasteiger partial charge is 0.342 e. The molecule has 0 atom stereocenters. The van der Waals surface area contributed by atoms with Gasteiger partial charge in [0.15, 0.2) is 0 Å². The summed E-state index contributed by atoms with van der Waals surface area (Å²) in [5.41, 5.74) is 2.59. The number of rotatable bonds is 8. The molecule has 0 aliphatic carbocycles. The van der Waals surface area contributed by atoms with Gasteiger partial charge in [-0.1, -0.05) is 47.5 Å². The predicted molar refractivity (Wildman–Crippen MR) is 140 cm³/mol. The molecule has 8 heteroatoms. The summed E-state index contributed by atoms with van der Waals surface area (Å²) < 4.78 is 11.3. The number of hydrogen-bond acceptors (Lipinski definition) is 6. The van der Waals surface area contributed by atoms with Crippen LogP contribution in [-0.2, 0) is 17.9 Å². The van der Waals surface area contributed by atoms with Gasteiger partial charge in [0.25, 0.3) is 0 Å². The first-order valence-corrected chi connectivity index (χ1v) is 12.4. The fourth-order valence-corrected chi connectivity index (χ4v) is 4.35. The molecule has 2 aromatic carbocycles. The van der Waals surface area contributed by atoms with Crippen LogP contribution in [0.25, 0.3) is 0 Å². The molecule has 35 heavy (non-hydrogen) atoms. The topological polar surface area (TPSA) is 54.9 Å². The zero-order chi connectivity index (χ0) is 24.8. The van der Waals surface area contributed by atoms with Crippen molar-refractivity contribution in [3.63, 3.8) is 0 Å². The van der Waals surface area contributed by atoms with Gasteiger partial charge < -0.3 is 14.4 Å². The zero-order valence-corrected chi connectivity index (χ0v) is 21.4. The monoisotopic (exact) mass is 513 g/mol. The largest absolute Gasteiger partial charge is 0.489 e. The summed E-state index contributed by atoms with van der Waals surface area (Å²) in [6.07, 6.45) is 1.55. The Morgan fingerprint density at radius 1 is 1.00 bits per heavy atom. The van der Waals surface area contributed by atoms with Crippen molar-refractivity contribution in [2.45, 2.75) is 33.1 Å². The molecule has 1 aliphatic heterocycles. The highest BCUT2D eigenvalue weighted by Gasteiger charge is 2.23. The molecule has 6 nitrogen and oxygen atoms in total. The van der Waals surface area contributed by atoms with Crippen LogP contribution in [-0.4, -0.2) is 48.1 Å². The van der Waals surface area contributed by atoms with Gasteiger partial charge in [0.1, 0.15) is 23.7 Å². The first-order valence-electron chi connectivity index (χ1n) is 11.7. The molecule has 1 fully saturated rings. The number of ether oxygens (including phenoxy) is 2. The molecular weight excluding hydrogens is 485 g/mol. The number of benzene rings is 2. The van der Waals surface area contributed by atoms with E-state index in [9.17, 15) is 4.79 Å². The normalized spacial score (nSPS) is 14.3. The van der Waals surface area contributed by atoms with Gasteiger partial charge in [-0.3, -0.25) is 4.90 Å². The van der Waals surface area contributed by atoms with E-state index in [1.54, 1.807) is 24.4 Å². The highest BCUT2D eigenvalue weighted by Crippen LogP contribution is 2.27. The summed E-state index contributed by atoms with van der Waals surface area (Å²) in [4.78, 5) is 21.5. The molecular formula is C27H29Cl2N3O3. The van der Waals surface area contributed by atoms with Gasteiger partial charge in [-0.2, -0.15) is 0 Å². The van der Waals surface area contributed by atoms with E-state index in [4.69, 9.17) is 32.7 Å². The summed E-state index contributed by atoms with van der Waals surface area (Å²) in [7, 11) is 0. The summed E-state index contributed by atoms with van der Waals surface area (Å²) in [5, 5.41) is 1.05. The van der Waals surface area contributed by atoms with Crippen LogP contribution in [0.3, 0.4) is 0 Å². The molecule has 2 heterocycles. The second-order valence-corrected chi connectivity index (χ2v) is 9.52. The minimum atomic E-state index is -0.328. The van der Waals surface area contributed by atoms with Crippen molar-refractivity contribution in [3.8, 4) is 5.75 Å². The van der Waals surface area contributed by atoms with Crippen LogP contribution in [0, 0.1) is 0 Å². The van der Waals surface area contributed by atoms with Crippen LogP contribution in [0.4, 0.5) is 5.82 Å². The number of carbonyl (C=O) groups excluding carboxylic acids is 1. The van der Waals surface area contributed by atoms with Gasteiger partial charge in [-0.15, -0.1) is 0 Å². The Labute approximate surface area is 216 Å². The van der Waals surface area contributed by atoms with Crippen molar-refractivity contribution in [3.05, 3.63) is 87.5 Å². The lowest BCUT2D eigenvalue weighted by Gasteiger charge is -2.36. The maximum atomic E-state index is 12.5. The molecule has 1 aromatic heterocycles. The first kappa shape index (κ1) is 25.3. The number of nitrogens with zero attached hydrogens (tertiary/aromatic N) is 3. The third kappa shape index (κ3) is 6.66. The lowest BCUT2D eigenvalue weighted by molar-refractivity contribution is 0.0378. The van der Waals surface area contributed by atoms with E-state index >= 15 is 0 Å². The molecule has 4 rings (SSSR count). The van der Waals surface area contributed by atoms with Gasteiger partial charge in [0, 0.05) is 44.5 Å². The Balaban J connectivity index is 1.29. The van der Waals surface area contributed by atoms with Crippen molar-refractivity contribution in [1.29, 1.82) is 0 Å². The van der Waals surface area contributed by atoms with E-state index in [-0.39, 0.29) is 12.1 Å². The molecule has 0 spiro atoms. The number of pyridine rings is 1. The molecule has 0 saturated carbocycles. The third-order valence-electron chi connectivity index (χ3n) is 5.78. The molecule has 0 bridgehead atoms. The van der Waals surface area contributed by atoms with E-state index in [1.165, 1.54) is 5.56 Å². The first-order chi connectivity index (χ1) is 16.9. The Bertz CT molecular complexity index is 1150. The van der Waals surface area contributed by atoms with Crippen LogP contribution in [0.2, 0.25) is 10.0 Å². The van der Waals surface area contributed by atoms with Gasteiger partial charge in [-0.25, -0.2) is 9.78 Å². The van der Waals surface area contributed by atoms with Crippen LogP contribution < -0.4 is 9.64 Å². The standard InChI is InChI=1S/C27H29Cl2N3O3/c1-19(2)35-27(33)23-6-4-12-30-26(23)32-15-13-31(14-16-32)17-20-8-10-22(11-9-20)34-18-21-5-3-7-24(28)25(21)29/h3-12,19H,13-18H2,1-2H3. The maximum Gasteiger partial charge on any atom is 0.342 e. The molecule has 0 radical (unpaired) electrons. The predicted octanol–water partition coefficient (Wildman–Crippen LogP) is 5.85. The number of esters is 1. The number of carbonyl (C=O) groups is 1. The Morgan fingerprint density at radius 2 is 1.74 bits per heavy atom. The number of hydrogen-bond donors (Lipinski definition) is 0. The Morgan fingerprint density at radius 3 is 2.46 bits per heavy atom. The highest BCUT2D eigenvalue weighted by molar-refractivity contribution is 6.42. The SMILES string of the molecule is CC(C)OC(=O)c1cccnc1N1CCN(Cc2ccc(OCc3cccc(Cl)c3Cl)cc2)CC1. The van der Waals surface area contributed by atoms with Crippen LogP contribution in [0.15, 0.2) is 60.8 Å². The van der Waals surface area contributed by atoms with Gasteiger partial charge in [-0.05, 0) is 49.7 Å². The molecule has 3 aromatic rings. The van der Waals surface area contributed by atoms with Crippen molar-refractivity contribution in [2.75, 3.05) is 31.1 Å². The number of halogens is 2. The fraction of sp³-hybridized carbons (Fsp3) is 0.333. The Hall–Kier alpha value is -2.80. The average molecular weight is 514 g/mol. The molecule has 0 amide bonds. The molecule has 0 unspecified atom stereocenters. The van der Waals surface area contributed by atoms with Crippen molar-refractivity contribution >= 4 is 35.0 Å². The fourth-order valence-electron chi connectivity index (χ4n) is 3.97. The second kappa shape index (κ2) is 11.8. The van der Waals surface area contributed by atoms with Crippen LogP contribution in [0.5, 0.6) is 5.75 Å². The lowest BCUT2D eigenvalue weighted by atomic mass is 10.1. The van der Waals surface area contributed by atoms with E-state index in [0.29, 0.717) is 28.0 Å². The summed E-state index contributed by atoms with van der Waals surface area (Å²) in [6, 6.07) is 17.2. The number of anilines is 1. The number of piperazine rings is 1. The van der Waals surface area contributed by atoms with Gasteiger partial charge in [0.05, 0.1) is 16.1 Å². The molecule has 1 aliphatic rings. The highest BCUT2D eigenvalue weighted by atomic mass is 35.5. The zero-order valence-electron chi connectivity index (χ0n) is 19.9. The molecule has 184 valence electrons. The van der Waals surface area contributed by atoms with E-state index in [0.717, 1.165) is 44.0 Å². The quantitative estimate of drug-likeness (QED) is 0.352. The number of aromatic nitrogens is 1. The third-order valence-corrected chi connectivity index (χ3v) is 6.63. The molecule has 0 N–H and O–H groups in total. The van der Waals surface area contributed by atoms with Crippen LogP contribution in [0.1, 0.15) is 35.3 Å². The summed E-state index contributed by atoms with van der Waals surface area (Å²) in [6.45, 7) is 8.24. The maximum absolute atomic E-state index is 12.5. The second-order valence-electron chi connectivity index (χ2n) is 8.74. The summed E-state index contributed by atoms with van der Waals surface area (Å²) in [5.74, 6) is 1.15. The van der Waals surface area contributed by atoms with E-state index in [1.807, 2.05) is 38.1 Å². The van der Waals surface area contributed by atoms with E-state index in [2.05, 4.69) is 26.9 Å².